The second-order valence-electron chi connectivity index (χ2n) is 8.30. The van der Waals surface area contributed by atoms with Crippen molar-refractivity contribution in [3.05, 3.63) is 107 Å². The average Bonchev–Trinajstić information content (AvgIpc) is 3.45. The van der Waals surface area contributed by atoms with Crippen LogP contribution in [-0.2, 0) is 11.3 Å². The van der Waals surface area contributed by atoms with Crippen molar-refractivity contribution in [2.24, 2.45) is 0 Å². The zero-order valence-electron chi connectivity index (χ0n) is 19.1. The molecule has 0 radical (unpaired) electrons. The molecule has 5 rings (SSSR count). The molecule has 1 aliphatic rings. The second-order valence-corrected chi connectivity index (χ2v) is 8.30. The van der Waals surface area contributed by atoms with E-state index in [0.717, 1.165) is 11.1 Å². The Labute approximate surface area is 201 Å². The first-order valence-electron chi connectivity index (χ1n) is 11.1. The number of amides is 2. The number of carbonyl (C=O) groups is 3. The van der Waals surface area contributed by atoms with Gasteiger partial charge in [-0.3, -0.25) is 14.5 Å². The Morgan fingerprint density at radius 3 is 2.17 bits per heavy atom. The molecule has 8 heteroatoms. The number of carbonyl (C=O) groups excluding carboxylic acids is 3. The molecule has 0 fully saturated rings. The fraction of sp³-hybridized carbons (Fsp3) is 0.148. The van der Waals surface area contributed by atoms with Crippen LogP contribution in [0.15, 0.2) is 77.2 Å². The molecular weight excluding hydrogens is 446 g/mol. The maximum absolute atomic E-state index is 12.6. The van der Waals surface area contributed by atoms with Crippen molar-refractivity contribution in [3.63, 3.8) is 0 Å². The van der Waals surface area contributed by atoms with Gasteiger partial charge in [0.2, 0.25) is 5.89 Å². The SMILES string of the molecule is Cc1ccc(-c2nnc(C(C)OC(=O)c3ccc(CN4C(=O)c5ccccc5C4=O)cc3)o2)cc1. The first-order valence-corrected chi connectivity index (χ1v) is 11.1. The molecule has 1 aliphatic heterocycles. The number of hydrogen-bond donors (Lipinski definition) is 0. The van der Waals surface area contributed by atoms with E-state index in [1.54, 1.807) is 55.5 Å². The summed E-state index contributed by atoms with van der Waals surface area (Å²) >= 11 is 0. The van der Waals surface area contributed by atoms with Crippen molar-refractivity contribution in [2.45, 2.75) is 26.5 Å². The summed E-state index contributed by atoms with van der Waals surface area (Å²) in [5.41, 5.74) is 3.73. The third-order valence-electron chi connectivity index (χ3n) is 5.78. The van der Waals surface area contributed by atoms with E-state index >= 15 is 0 Å². The summed E-state index contributed by atoms with van der Waals surface area (Å²) in [7, 11) is 0. The fourth-order valence-corrected chi connectivity index (χ4v) is 3.80. The van der Waals surface area contributed by atoms with Gasteiger partial charge in [-0.15, -0.1) is 10.2 Å². The minimum Gasteiger partial charge on any atom is -0.449 e. The molecule has 3 aromatic carbocycles. The molecule has 8 nitrogen and oxygen atoms in total. The molecule has 0 spiro atoms. The van der Waals surface area contributed by atoms with Gasteiger partial charge in [-0.25, -0.2) is 4.79 Å². The molecule has 0 saturated carbocycles. The van der Waals surface area contributed by atoms with Crippen LogP contribution >= 0.6 is 0 Å². The summed E-state index contributed by atoms with van der Waals surface area (Å²) in [6.45, 7) is 3.75. The summed E-state index contributed by atoms with van der Waals surface area (Å²) in [5.74, 6) is -0.670. The van der Waals surface area contributed by atoms with Gasteiger partial charge in [0.25, 0.3) is 17.7 Å². The molecule has 174 valence electrons. The number of ether oxygens (including phenoxy) is 1. The highest BCUT2D eigenvalue weighted by molar-refractivity contribution is 6.21. The van der Waals surface area contributed by atoms with Crippen LogP contribution < -0.4 is 0 Å². The van der Waals surface area contributed by atoms with Gasteiger partial charge in [-0.05, 0) is 55.8 Å². The van der Waals surface area contributed by atoms with Crippen molar-refractivity contribution < 1.29 is 23.5 Å². The number of fused-ring (bicyclic) bond motifs is 1. The summed E-state index contributed by atoms with van der Waals surface area (Å²) in [6.07, 6.45) is -0.743. The van der Waals surface area contributed by atoms with E-state index < -0.39 is 12.1 Å². The quantitative estimate of drug-likeness (QED) is 0.298. The van der Waals surface area contributed by atoms with E-state index in [0.29, 0.717) is 28.1 Å². The number of esters is 1. The first kappa shape index (κ1) is 22.2. The molecule has 0 bridgehead atoms. The molecule has 1 aromatic heterocycles. The Hall–Kier alpha value is -4.59. The van der Waals surface area contributed by atoms with E-state index in [1.165, 1.54) is 4.90 Å². The zero-order valence-corrected chi connectivity index (χ0v) is 19.1. The Morgan fingerprint density at radius 2 is 1.54 bits per heavy atom. The molecule has 4 aromatic rings. The highest BCUT2D eigenvalue weighted by Crippen LogP contribution is 2.25. The van der Waals surface area contributed by atoms with Crippen LogP contribution in [0.1, 0.15) is 61.1 Å². The number of rotatable bonds is 6. The van der Waals surface area contributed by atoms with Crippen molar-refractivity contribution in [3.8, 4) is 11.5 Å². The monoisotopic (exact) mass is 467 g/mol. The number of imide groups is 1. The van der Waals surface area contributed by atoms with Crippen molar-refractivity contribution in [2.75, 3.05) is 0 Å². The highest BCUT2D eigenvalue weighted by Gasteiger charge is 2.35. The molecule has 0 aliphatic carbocycles. The summed E-state index contributed by atoms with van der Waals surface area (Å²) < 4.78 is 11.2. The van der Waals surface area contributed by atoms with Crippen molar-refractivity contribution in [1.29, 1.82) is 0 Å². The van der Waals surface area contributed by atoms with Gasteiger partial charge >= 0.3 is 5.97 Å². The average molecular weight is 467 g/mol. The Bertz CT molecular complexity index is 1390. The topological polar surface area (TPSA) is 103 Å². The second kappa shape index (κ2) is 8.98. The molecule has 2 amide bonds. The van der Waals surface area contributed by atoms with E-state index in [4.69, 9.17) is 9.15 Å². The van der Waals surface area contributed by atoms with Gasteiger partial charge in [-0.1, -0.05) is 42.0 Å². The summed E-state index contributed by atoms with van der Waals surface area (Å²) in [4.78, 5) is 38.9. The highest BCUT2D eigenvalue weighted by atomic mass is 16.6. The van der Waals surface area contributed by atoms with Gasteiger partial charge in [0, 0.05) is 5.56 Å². The standard InChI is InChI=1S/C27H21N3O5/c1-16-7-11-19(12-8-16)24-29-28-23(35-24)17(2)34-27(33)20-13-9-18(10-14-20)15-30-25(31)21-5-3-4-6-22(21)26(30)32/h3-14,17H,15H2,1-2H3. The summed E-state index contributed by atoms with van der Waals surface area (Å²) in [5, 5.41) is 8.04. The lowest BCUT2D eigenvalue weighted by atomic mass is 10.1. The molecule has 0 saturated heterocycles. The van der Waals surface area contributed by atoms with E-state index in [-0.39, 0.29) is 24.2 Å². The molecular formula is C27H21N3O5. The van der Waals surface area contributed by atoms with Crippen LogP contribution in [0, 0.1) is 6.92 Å². The van der Waals surface area contributed by atoms with Gasteiger partial charge in [0.1, 0.15) is 0 Å². The lowest BCUT2D eigenvalue weighted by molar-refractivity contribution is 0.0279. The number of aryl methyl sites for hydroxylation is 1. The minimum atomic E-state index is -0.743. The lowest BCUT2D eigenvalue weighted by Crippen LogP contribution is -2.29. The maximum atomic E-state index is 12.6. The number of nitrogens with zero attached hydrogens (tertiary/aromatic N) is 3. The first-order chi connectivity index (χ1) is 16.9. The molecule has 0 N–H and O–H groups in total. The Morgan fingerprint density at radius 1 is 0.914 bits per heavy atom. The van der Waals surface area contributed by atoms with Crippen molar-refractivity contribution >= 4 is 17.8 Å². The Kier molecular flexibility index (Phi) is 5.70. The van der Waals surface area contributed by atoms with Gasteiger partial charge in [0.05, 0.1) is 23.2 Å². The van der Waals surface area contributed by atoms with Crippen LogP contribution in [0.5, 0.6) is 0 Å². The molecule has 1 unspecified atom stereocenters. The zero-order chi connectivity index (χ0) is 24.5. The number of aromatic nitrogens is 2. The van der Waals surface area contributed by atoms with E-state index in [2.05, 4.69) is 10.2 Å². The van der Waals surface area contributed by atoms with Crippen LogP contribution in [0.4, 0.5) is 0 Å². The third kappa shape index (κ3) is 4.33. The van der Waals surface area contributed by atoms with Crippen LogP contribution in [-0.4, -0.2) is 32.9 Å². The molecule has 1 atom stereocenters. The fourth-order valence-electron chi connectivity index (χ4n) is 3.80. The number of hydrogen-bond acceptors (Lipinski definition) is 7. The van der Waals surface area contributed by atoms with Crippen molar-refractivity contribution in [1.82, 2.24) is 15.1 Å². The lowest BCUT2D eigenvalue weighted by Gasteiger charge is -2.14. The smallest absolute Gasteiger partial charge is 0.338 e. The van der Waals surface area contributed by atoms with Gasteiger partial charge in [-0.2, -0.15) is 0 Å². The van der Waals surface area contributed by atoms with Crippen LogP contribution in [0.25, 0.3) is 11.5 Å². The minimum absolute atomic E-state index is 0.113. The predicted octanol–water partition coefficient (Wildman–Crippen LogP) is 4.76. The molecule has 35 heavy (non-hydrogen) atoms. The third-order valence-corrected chi connectivity index (χ3v) is 5.78. The normalized spacial score (nSPS) is 13.6. The maximum Gasteiger partial charge on any atom is 0.338 e. The van der Waals surface area contributed by atoms with E-state index in [1.807, 2.05) is 31.2 Å². The Balaban J connectivity index is 1.22. The molecule has 2 heterocycles. The number of benzene rings is 3. The van der Waals surface area contributed by atoms with E-state index in [9.17, 15) is 14.4 Å². The predicted molar refractivity (Wildman–Crippen MR) is 125 cm³/mol. The summed E-state index contributed by atoms with van der Waals surface area (Å²) in [6, 6.07) is 21.0. The largest absolute Gasteiger partial charge is 0.449 e. The van der Waals surface area contributed by atoms with Crippen LogP contribution in [0.3, 0.4) is 0 Å². The van der Waals surface area contributed by atoms with Gasteiger partial charge in [0.15, 0.2) is 6.10 Å². The van der Waals surface area contributed by atoms with Crippen LogP contribution in [0.2, 0.25) is 0 Å². The van der Waals surface area contributed by atoms with Gasteiger partial charge < -0.3 is 9.15 Å².